The Kier molecular flexibility index (Phi) is 3.57. The molecule has 2 aromatic carbocycles. The van der Waals surface area contributed by atoms with Gasteiger partial charge in [-0.15, -0.1) is 5.75 Å². The van der Waals surface area contributed by atoms with Gasteiger partial charge in [-0.05, 0) is 32.0 Å². The van der Waals surface area contributed by atoms with E-state index < -0.39 is 11.8 Å². The van der Waals surface area contributed by atoms with Gasteiger partial charge in [0.2, 0.25) is 0 Å². The average molecular weight is 269 g/mol. The van der Waals surface area contributed by atoms with Gasteiger partial charge in [-0.3, -0.25) is 4.79 Å². The fraction of sp³-hybridized carbons (Fsp3) is 0.125. The monoisotopic (exact) mass is 269 g/mol. The van der Waals surface area contributed by atoms with Crippen molar-refractivity contribution in [3.63, 3.8) is 0 Å². The van der Waals surface area contributed by atoms with Crippen LogP contribution in [0.25, 0.3) is 0 Å². The van der Waals surface area contributed by atoms with E-state index in [4.69, 9.17) is 5.11 Å². The first-order valence-corrected chi connectivity index (χ1v) is 6.07. The number of carboxylic acid groups (broad SMARTS) is 1. The lowest BCUT2D eigenvalue weighted by molar-refractivity contribution is -0.270. The van der Waals surface area contributed by atoms with Crippen molar-refractivity contribution < 1.29 is 19.8 Å². The maximum absolute atomic E-state index is 12.4. The lowest BCUT2D eigenvalue weighted by atomic mass is 9.95. The predicted octanol–water partition coefficient (Wildman–Crippen LogP) is 2.31. The quantitative estimate of drug-likeness (QED) is 0.867. The molecule has 0 unspecified atom stereocenters. The molecule has 0 aliphatic carbocycles. The van der Waals surface area contributed by atoms with Crippen LogP contribution >= 0.6 is 0 Å². The van der Waals surface area contributed by atoms with Gasteiger partial charge in [0.05, 0.1) is 5.56 Å². The highest BCUT2D eigenvalue weighted by Gasteiger charge is 2.17. The molecule has 2 rings (SSSR count). The number of rotatable bonds is 3. The summed E-state index contributed by atoms with van der Waals surface area (Å²) in [7, 11) is 0. The number of carboxylic acids is 1. The van der Waals surface area contributed by atoms with E-state index in [2.05, 4.69) is 0 Å². The van der Waals surface area contributed by atoms with Crippen LogP contribution in [0.1, 0.15) is 37.4 Å². The molecule has 0 aliphatic heterocycles. The van der Waals surface area contributed by atoms with Gasteiger partial charge in [0.15, 0.2) is 5.78 Å². The first-order chi connectivity index (χ1) is 9.41. The van der Waals surface area contributed by atoms with E-state index in [0.29, 0.717) is 16.7 Å². The van der Waals surface area contributed by atoms with Crippen LogP contribution in [-0.4, -0.2) is 16.9 Å². The van der Waals surface area contributed by atoms with Gasteiger partial charge in [-0.1, -0.05) is 29.3 Å². The number of benzene rings is 2. The van der Waals surface area contributed by atoms with Crippen LogP contribution in [0.4, 0.5) is 0 Å². The molecule has 0 spiro atoms. The summed E-state index contributed by atoms with van der Waals surface area (Å²) in [6.45, 7) is 3.27. The van der Waals surface area contributed by atoms with E-state index in [9.17, 15) is 14.7 Å². The first-order valence-electron chi connectivity index (χ1n) is 6.07. The summed E-state index contributed by atoms with van der Waals surface area (Å²) >= 11 is 0. The molecule has 4 nitrogen and oxygen atoms in total. The Morgan fingerprint density at radius 2 is 1.50 bits per heavy atom. The normalized spacial score (nSPS) is 10.3. The number of aryl methyl sites for hydroxylation is 2. The third-order valence-electron chi connectivity index (χ3n) is 3.12. The summed E-state index contributed by atoms with van der Waals surface area (Å²) in [6.07, 6.45) is 0. The minimum atomic E-state index is -1.15. The van der Waals surface area contributed by atoms with Crippen molar-refractivity contribution in [2.45, 2.75) is 13.8 Å². The summed E-state index contributed by atoms with van der Waals surface area (Å²) in [5, 5.41) is 20.8. The molecule has 0 fully saturated rings. The topological polar surface area (TPSA) is 77.4 Å². The summed E-state index contributed by atoms with van der Waals surface area (Å²) < 4.78 is 0. The molecule has 0 aliphatic rings. The highest BCUT2D eigenvalue weighted by Crippen LogP contribution is 2.23. The fourth-order valence-electron chi connectivity index (χ4n) is 2.10. The Morgan fingerprint density at radius 3 is 2.00 bits per heavy atom. The van der Waals surface area contributed by atoms with Crippen LogP contribution in [0, 0.1) is 13.8 Å². The average Bonchev–Trinajstić information content (AvgIpc) is 2.43. The smallest absolute Gasteiger partial charge is 0.336 e. The van der Waals surface area contributed by atoms with Gasteiger partial charge in [0.1, 0.15) is 0 Å². The van der Waals surface area contributed by atoms with E-state index in [1.807, 2.05) is 0 Å². The second-order valence-electron chi connectivity index (χ2n) is 4.62. The molecular weight excluding hydrogens is 256 g/mol. The lowest BCUT2D eigenvalue weighted by Crippen LogP contribution is -2.10. The van der Waals surface area contributed by atoms with Crippen LogP contribution in [0.5, 0.6) is 5.75 Å². The maximum atomic E-state index is 12.4. The third kappa shape index (κ3) is 2.40. The largest absolute Gasteiger partial charge is 0.872 e. The standard InChI is InChI=1S/C16H14O4/c1-9-7-11(8-10(2)14(9)17)15(18)12-5-3-4-6-13(12)16(19)20/h3-8,17H,1-2H3,(H,19,20)/p-1. The number of hydrogen-bond acceptors (Lipinski definition) is 3. The molecule has 0 saturated heterocycles. The molecule has 0 heterocycles. The fourth-order valence-corrected chi connectivity index (χ4v) is 2.10. The Balaban J connectivity index is 2.55. The molecule has 0 bridgehead atoms. The molecule has 4 heteroatoms. The van der Waals surface area contributed by atoms with Crippen LogP contribution < -0.4 is 5.11 Å². The zero-order valence-corrected chi connectivity index (χ0v) is 11.1. The number of ketones is 1. The van der Waals surface area contributed by atoms with Gasteiger partial charge in [-0.25, -0.2) is 4.79 Å². The number of hydrogen-bond donors (Lipinski definition) is 1. The number of carbonyl (C=O) groups is 2. The molecule has 0 radical (unpaired) electrons. The lowest BCUT2D eigenvalue weighted by Gasteiger charge is -2.16. The van der Waals surface area contributed by atoms with Crippen LogP contribution in [0.2, 0.25) is 0 Å². The predicted molar refractivity (Wildman–Crippen MR) is 72.2 cm³/mol. The van der Waals surface area contributed by atoms with Crippen molar-refractivity contribution in [1.82, 2.24) is 0 Å². The molecule has 1 N–H and O–H groups in total. The molecule has 0 amide bonds. The Hall–Kier alpha value is -2.62. The van der Waals surface area contributed by atoms with Gasteiger partial charge in [-0.2, -0.15) is 0 Å². The first kappa shape index (κ1) is 13.8. The van der Waals surface area contributed by atoms with Crippen molar-refractivity contribution in [3.8, 4) is 5.75 Å². The Labute approximate surface area is 116 Å². The second-order valence-corrected chi connectivity index (χ2v) is 4.62. The van der Waals surface area contributed by atoms with Gasteiger partial charge in [0.25, 0.3) is 0 Å². The summed E-state index contributed by atoms with van der Waals surface area (Å²) in [4.78, 5) is 23.6. The summed E-state index contributed by atoms with van der Waals surface area (Å²) in [5.74, 6) is -1.65. The summed E-state index contributed by atoms with van der Waals surface area (Å²) in [5.41, 5.74) is 1.35. The van der Waals surface area contributed by atoms with Gasteiger partial charge in [0, 0.05) is 11.1 Å². The van der Waals surface area contributed by atoms with Crippen molar-refractivity contribution >= 4 is 11.8 Å². The number of carbonyl (C=O) groups excluding carboxylic acids is 1. The third-order valence-corrected chi connectivity index (χ3v) is 3.12. The molecule has 102 valence electrons. The Bertz CT molecular complexity index is 678. The zero-order valence-electron chi connectivity index (χ0n) is 11.1. The molecule has 0 atom stereocenters. The minimum absolute atomic E-state index is 0.0426. The van der Waals surface area contributed by atoms with Crippen LogP contribution in [0.15, 0.2) is 36.4 Å². The van der Waals surface area contributed by atoms with E-state index in [-0.39, 0.29) is 16.9 Å². The van der Waals surface area contributed by atoms with Crippen LogP contribution in [0.3, 0.4) is 0 Å². The van der Waals surface area contributed by atoms with Crippen molar-refractivity contribution in [2.75, 3.05) is 0 Å². The zero-order chi connectivity index (χ0) is 14.9. The van der Waals surface area contributed by atoms with E-state index in [0.717, 1.165) is 0 Å². The molecule has 0 saturated carbocycles. The number of aromatic carboxylic acids is 1. The highest BCUT2D eigenvalue weighted by molar-refractivity contribution is 6.14. The molecule has 2 aromatic rings. The highest BCUT2D eigenvalue weighted by atomic mass is 16.4. The van der Waals surface area contributed by atoms with E-state index in [1.165, 1.54) is 24.3 Å². The SMILES string of the molecule is Cc1cc(C(=O)c2ccccc2C(=O)O)cc(C)c1[O-]. The minimum Gasteiger partial charge on any atom is -0.872 e. The van der Waals surface area contributed by atoms with Gasteiger partial charge < -0.3 is 10.2 Å². The molecular formula is C16H13O4-. The van der Waals surface area contributed by atoms with Gasteiger partial charge >= 0.3 is 5.97 Å². The second kappa shape index (κ2) is 5.17. The molecule has 20 heavy (non-hydrogen) atoms. The van der Waals surface area contributed by atoms with Crippen LogP contribution in [-0.2, 0) is 0 Å². The van der Waals surface area contributed by atoms with E-state index >= 15 is 0 Å². The van der Waals surface area contributed by atoms with Crippen molar-refractivity contribution in [3.05, 3.63) is 64.2 Å². The van der Waals surface area contributed by atoms with Crippen molar-refractivity contribution in [1.29, 1.82) is 0 Å². The van der Waals surface area contributed by atoms with E-state index in [1.54, 1.807) is 26.0 Å². The maximum Gasteiger partial charge on any atom is 0.336 e. The Morgan fingerprint density at radius 1 is 1.00 bits per heavy atom. The molecule has 0 aromatic heterocycles. The van der Waals surface area contributed by atoms with Crippen molar-refractivity contribution in [2.24, 2.45) is 0 Å². The summed E-state index contributed by atoms with van der Waals surface area (Å²) in [6, 6.07) is 9.03.